The van der Waals surface area contributed by atoms with Gasteiger partial charge < -0.3 is 15.0 Å². The Morgan fingerprint density at radius 1 is 1.21 bits per heavy atom. The minimum atomic E-state index is -1.01. The molecular weight excluding hydrogens is 392 g/mol. The van der Waals surface area contributed by atoms with Gasteiger partial charge in [0.1, 0.15) is 0 Å². The van der Waals surface area contributed by atoms with Crippen LogP contribution in [0.5, 0.6) is 0 Å². The molecule has 0 saturated carbocycles. The quantitative estimate of drug-likeness (QED) is 0.729. The van der Waals surface area contributed by atoms with E-state index in [0.29, 0.717) is 10.7 Å². The maximum absolute atomic E-state index is 12.5. The molecule has 6 nitrogen and oxygen atoms in total. The number of aryl methyl sites for hydroxylation is 1. The van der Waals surface area contributed by atoms with E-state index >= 15 is 0 Å². The first-order valence-corrected chi connectivity index (χ1v) is 9.92. The molecule has 0 spiro atoms. The average molecular weight is 415 g/mol. The molecule has 3 rings (SSSR count). The van der Waals surface area contributed by atoms with Crippen LogP contribution in [-0.4, -0.2) is 30.4 Å². The van der Waals surface area contributed by atoms with Crippen molar-refractivity contribution in [3.05, 3.63) is 59.1 Å². The maximum atomic E-state index is 12.5. The molecule has 1 N–H and O–H groups in total. The second-order valence-electron chi connectivity index (χ2n) is 6.97. The Morgan fingerprint density at radius 3 is 2.55 bits per heavy atom. The number of halogens is 1. The first-order valence-electron chi connectivity index (χ1n) is 9.54. The number of benzene rings is 2. The van der Waals surface area contributed by atoms with Gasteiger partial charge in [0, 0.05) is 18.7 Å². The van der Waals surface area contributed by atoms with Gasteiger partial charge in [0.05, 0.1) is 16.6 Å². The monoisotopic (exact) mass is 414 g/mol. The standard InChI is InChI=1S/C22H23ClN2O4/c1-3-15-8-10-17(11-9-15)25-13-16(12-20(25)26)22(28)29-14(2)21(27)24-19-7-5-4-6-18(19)23/h4-11,14,16H,3,12-13H2,1-2H3,(H,24,27)/t14-,16-/m0/s1. The third-order valence-corrected chi connectivity index (χ3v) is 5.24. The van der Waals surface area contributed by atoms with Gasteiger partial charge >= 0.3 is 5.97 Å². The van der Waals surface area contributed by atoms with Gasteiger partial charge in [-0.25, -0.2) is 0 Å². The highest BCUT2D eigenvalue weighted by Gasteiger charge is 2.37. The van der Waals surface area contributed by atoms with Crippen LogP contribution < -0.4 is 10.2 Å². The van der Waals surface area contributed by atoms with Crippen LogP contribution in [0.1, 0.15) is 25.8 Å². The van der Waals surface area contributed by atoms with E-state index in [2.05, 4.69) is 12.2 Å². The van der Waals surface area contributed by atoms with Crippen molar-refractivity contribution in [1.29, 1.82) is 0 Å². The number of carbonyl (C=O) groups excluding carboxylic acids is 3. The third kappa shape index (κ3) is 4.95. The molecule has 1 aliphatic heterocycles. The molecule has 1 fully saturated rings. The van der Waals surface area contributed by atoms with E-state index in [0.717, 1.165) is 12.1 Å². The zero-order valence-corrected chi connectivity index (χ0v) is 17.1. The van der Waals surface area contributed by atoms with Crippen molar-refractivity contribution in [3.63, 3.8) is 0 Å². The molecule has 29 heavy (non-hydrogen) atoms. The van der Waals surface area contributed by atoms with Crippen molar-refractivity contribution in [2.24, 2.45) is 5.92 Å². The Hall–Kier alpha value is -2.86. The van der Waals surface area contributed by atoms with Gasteiger partial charge in [-0.05, 0) is 43.2 Å². The number of amides is 2. The van der Waals surface area contributed by atoms with Gasteiger partial charge in [-0.2, -0.15) is 0 Å². The zero-order valence-electron chi connectivity index (χ0n) is 16.4. The van der Waals surface area contributed by atoms with Crippen molar-refractivity contribution in [2.45, 2.75) is 32.8 Å². The molecule has 1 heterocycles. The van der Waals surface area contributed by atoms with E-state index in [-0.39, 0.29) is 18.9 Å². The number of para-hydroxylation sites is 1. The molecule has 0 aliphatic carbocycles. The summed E-state index contributed by atoms with van der Waals surface area (Å²) < 4.78 is 5.30. The van der Waals surface area contributed by atoms with Gasteiger partial charge in [0.15, 0.2) is 6.10 Å². The van der Waals surface area contributed by atoms with Crippen molar-refractivity contribution in [2.75, 3.05) is 16.8 Å². The van der Waals surface area contributed by atoms with Crippen LogP contribution in [-0.2, 0) is 25.5 Å². The molecular formula is C22H23ClN2O4. The van der Waals surface area contributed by atoms with E-state index < -0.39 is 23.9 Å². The summed E-state index contributed by atoms with van der Waals surface area (Å²) in [5, 5.41) is 3.03. The fourth-order valence-corrected chi connectivity index (χ4v) is 3.33. The summed E-state index contributed by atoms with van der Waals surface area (Å²) in [7, 11) is 0. The number of carbonyl (C=O) groups is 3. The Morgan fingerprint density at radius 2 is 1.90 bits per heavy atom. The van der Waals surface area contributed by atoms with Crippen LogP contribution in [0.2, 0.25) is 5.02 Å². The van der Waals surface area contributed by atoms with Crippen LogP contribution in [0.3, 0.4) is 0 Å². The molecule has 152 valence electrons. The average Bonchev–Trinajstić information content (AvgIpc) is 3.11. The van der Waals surface area contributed by atoms with Crippen LogP contribution in [0.15, 0.2) is 48.5 Å². The van der Waals surface area contributed by atoms with Crippen LogP contribution in [0.4, 0.5) is 11.4 Å². The second kappa shape index (κ2) is 9.09. The van der Waals surface area contributed by atoms with Crippen LogP contribution in [0.25, 0.3) is 0 Å². The van der Waals surface area contributed by atoms with Gasteiger partial charge in [0.25, 0.3) is 5.91 Å². The molecule has 0 radical (unpaired) electrons. The van der Waals surface area contributed by atoms with Crippen LogP contribution in [0, 0.1) is 5.92 Å². The lowest BCUT2D eigenvalue weighted by molar-refractivity contribution is -0.157. The Labute approximate surface area is 174 Å². The molecule has 0 unspecified atom stereocenters. The first-order chi connectivity index (χ1) is 13.9. The van der Waals surface area contributed by atoms with Gasteiger partial charge in [0.2, 0.25) is 5.91 Å². The molecule has 0 aromatic heterocycles. The smallest absolute Gasteiger partial charge is 0.312 e. The molecule has 1 saturated heterocycles. The fraction of sp³-hybridized carbons (Fsp3) is 0.318. The van der Waals surface area contributed by atoms with E-state index in [1.54, 1.807) is 29.2 Å². The summed E-state index contributed by atoms with van der Waals surface area (Å²) in [6.07, 6.45) is -0.0309. The highest BCUT2D eigenvalue weighted by atomic mass is 35.5. The van der Waals surface area contributed by atoms with Crippen LogP contribution >= 0.6 is 11.6 Å². The molecule has 7 heteroatoms. The summed E-state index contributed by atoms with van der Waals surface area (Å²) in [5.74, 6) is -1.79. The predicted molar refractivity (Wildman–Crippen MR) is 112 cm³/mol. The summed E-state index contributed by atoms with van der Waals surface area (Å²) in [4.78, 5) is 38.7. The highest BCUT2D eigenvalue weighted by molar-refractivity contribution is 6.33. The summed E-state index contributed by atoms with van der Waals surface area (Å²) in [6.45, 7) is 3.79. The zero-order chi connectivity index (χ0) is 21.0. The molecule has 1 aliphatic rings. The highest BCUT2D eigenvalue weighted by Crippen LogP contribution is 2.27. The fourth-order valence-electron chi connectivity index (χ4n) is 3.15. The largest absolute Gasteiger partial charge is 0.452 e. The number of hydrogen-bond donors (Lipinski definition) is 1. The molecule has 0 bridgehead atoms. The van der Waals surface area contributed by atoms with E-state index in [1.807, 2.05) is 24.3 Å². The predicted octanol–water partition coefficient (Wildman–Crippen LogP) is 3.83. The number of hydrogen-bond acceptors (Lipinski definition) is 4. The third-order valence-electron chi connectivity index (χ3n) is 4.91. The lowest BCUT2D eigenvalue weighted by Gasteiger charge is -2.18. The van der Waals surface area contributed by atoms with E-state index in [4.69, 9.17) is 16.3 Å². The van der Waals surface area contributed by atoms with E-state index in [9.17, 15) is 14.4 Å². The summed E-state index contributed by atoms with van der Waals surface area (Å²) in [5.41, 5.74) is 2.38. The van der Waals surface area contributed by atoms with Gasteiger partial charge in [-0.1, -0.05) is 42.8 Å². The molecule has 2 aromatic rings. The topological polar surface area (TPSA) is 75.7 Å². The number of ether oxygens (including phenoxy) is 1. The molecule has 2 atom stereocenters. The lowest BCUT2D eigenvalue weighted by atomic mass is 10.1. The number of anilines is 2. The minimum absolute atomic E-state index is 0.0627. The normalized spacial score (nSPS) is 17.1. The SMILES string of the molecule is CCc1ccc(N2C[C@@H](C(=O)O[C@@H](C)C(=O)Nc3ccccc3Cl)CC2=O)cc1. The minimum Gasteiger partial charge on any atom is -0.452 e. The summed E-state index contributed by atoms with van der Waals surface area (Å²) >= 11 is 6.03. The first kappa shape index (κ1) is 20.9. The van der Waals surface area contributed by atoms with Crippen molar-refractivity contribution in [1.82, 2.24) is 0 Å². The van der Waals surface area contributed by atoms with Crippen molar-refractivity contribution in [3.8, 4) is 0 Å². The second-order valence-corrected chi connectivity index (χ2v) is 7.38. The Bertz CT molecular complexity index is 913. The summed E-state index contributed by atoms with van der Waals surface area (Å²) in [6, 6.07) is 14.5. The lowest BCUT2D eigenvalue weighted by Crippen LogP contribution is -2.33. The van der Waals surface area contributed by atoms with E-state index in [1.165, 1.54) is 12.5 Å². The number of esters is 1. The van der Waals surface area contributed by atoms with Gasteiger partial charge in [-0.15, -0.1) is 0 Å². The maximum Gasteiger partial charge on any atom is 0.312 e. The molecule has 2 amide bonds. The Balaban J connectivity index is 1.58. The number of rotatable bonds is 6. The number of nitrogens with one attached hydrogen (secondary N) is 1. The number of nitrogens with zero attached hydrogens (tertiary/aromatic N) is 1. The Kier molecular flexibility index (Phi) is 6.54. The van der Waals surface area contributed by atoms with Crippen molar-refractivity contribution >= 4 is 40.8 Å². The molecule has 2 aromatic carbocycles. The van der Waals surface area contributed by atoms with Gasteiger partial charge in [-0.3, -0.25) is 14.4 Å². The van der Waals surface area contributed by atoms with Crippen molar-refractivity contribution < 1.29 is 19.1 Å².